The molecular formula is C25H20N2O2. The Bertz CT molecular complexity index is 1100. The van der Waals surface area contributed by atoms with E-state index in [4.69, 9.17) is 4.74 Å². The van der Waals surface area contributed by atoms with Crippen molar-refractivity contribution in [3.05, 3.63) is 120 Å². The van der Waals surface area contributed by atoms with Crippen LogP contribution in [0.5, 0.6) is 5.75 Å². The number of carbonyl (C=O) groups is 1. The molecule has 0 radical (unpaired) electrons. The molecule has 0 unspecified atom stereocenters. The number of aromatic nitrogens is 2. The van der Waals surface area contributed by atoms with E-state index in [1.165, 1.54) is 0 Å². The first-order valence-corrected chi connectivity index (χ1v) is 9.36. The van der Waals surface area contributed by atoms with Crippen molar-refractivity contribution in [2.45, 2.75) is 6.61 Å². The Labute approximate surface area is 169 Å². The quantitative estimate of drug-likeness (QED) is 0.321. The van der Waals surface area contributed by atoms with Crippen LogP contribution < -0.4 is 4.74 Å². The summed E-state index contributed by atoms with van der Waals surface area (Å²) in [6, 6.07) is 25.1. The van der Waals surface area contributed by atoms with Crippen LogP contribution in [0.15, 0.2) is 104 Å². The molecule has 4 heteroatoms. The zero-order chi connectivity index (χ0) is 19.9. The van der Waals surface area contributed by atoms with Crippen LogP contribution in [0.2, 0.25) is 0 Å². The first-order valence-electron chi connectivity index (χ1n) is 9.36. The van der Waals surface area contributed by atoms with Crippen LogP contribution in [-0.2, 0) is 6.61 Å². The lowest BCUT2D eigenvalue weighted by Gasteiger charge is -2.09. The minimum absolute atomic E-state index is 0.0555. The van der Waals surface area contributed by atoms with Crippen LogP contribution in [0.25, 0.3) is 11.8 Å². The zero-order valence-electron chi connectivity index (χ0n) is 15.8. The zero-order valence-corrected chi connectivity index (χ0v) is 15.8. The number of nitrogens with zero attached hydrogens (tertiary/aromatic N) is 2. The Kier molecular flexibility index (Phi) is 5.63. The maximum absolute atomic E-state index is 12.6. The third-order valence-corrected chi connectivity index (χ3v) is 4.52. The molecule has 1 heterocycles. The van der Waals surface area contributed by atoms with Crippen molar-refractivity contribution in [1.82, 2.24) is 9.55 Å². The van der Waals surface area contributed by atoms with Crippen molar-refractivity contribution in [1.29, 1.82) is 0 Å². The minimum Gasteiger partial charge on any atom is -0.488 e. The van der Waals surface area contributed by atoms with E-state index in [0.29, 0.717) is 12.2 Å². The van der Waals surface area contributed by atoms with Crippen molar-refractivity contribution < 1.29 is 9.53 Å². The van der Waals surface area contributed by atoms with Gasteiger partial charge in [0.25, 0.3) is 0 Å². The summed E-state index contributed by atoms with van der Waals surface area (Å²) in [6.07, 6.45) is 8.69. The Balaban J connectivity index is 1.45. The van der Waals surface area contributed by atoms with Gasteiger partial charge in [0.2, 0.25) is 0 Å². The molecule has 4 aromatic rings. The van der Waals surface area contributed by atoms with Gasteiger partial charge in [-0.15, -0.1) is 0 Å². The van der Waals surface area contributed by atoms with E-state index in [1.807, 2.05) is 89.6 Å². The van der Waals surface area contributed by atoms with E-state index in [-0.39, 0.29) is 5.78 Å². The molecule has 0 amide bonds. The molecule has 0 N–H and O–H groups in total. The standard InChI is InChI=1S/C25H20N2O2/c28-24(21-10-13-23(14-11-21)27-17-16-26-19-27)15-12-22-8-4-5-9-25(22)29-18-20-6-2-1-3-7-20/h1-17,19H,18H2/b15-12+. The monoisotopic (exact) mass is 380 g/mol. The highest BCUT2D eigenvalue weighted by atomic mass is 16.5. The van der Waals surface area contributed by atoms with Crippen molar-refractivity contribution in [2.75, 3.05) is 0 Å². The highest BCUT2D eigenvalue weighted by Crippen LogP contribution is 2.21. The number of allylic oxidation sites excluding steroid dienone is 1. The van der Waals surface area contributed by atoms with Gasteiger partial charge in [-0.1, -0.05) is 48.5 Å². The summed E-state index contributed by atoms with van der Waals surface area (Å²) in [6.45, 7) is 0.481. The lowest BCUT2D eigenvalue weighted by molar-refractivity contribution is 0.104. The maximum Gasteiger partial charge on any atom is 0.185 e. The number of ketones is 1. The van der Waals surface area contributed by atoms with Gasteiger partial charge >= 0.3 is 0 Å². The minimum atomic E-state index is -0.0555. The lowest BCUT2D eigenvalue weighted by Crippen LogP contribution is -1.98. The number of imidazole rings is 1. The Hall–Kier alpha value is -3.92. The van der Waals surface area contributed by atoms with Crippen LogP contribution in [0, 0.1) is 0 Å². The van der Waals surface area contributed by atoms with Gasteiger partial charge in [-0.05, 0) is 48.0 Å². The molecule has 4 rings (SSSR count). The number of hydrogen-bond acceptors (Lipinski definition) is 3. The average Bonchev–Trinajstić information content (AvgIpc) is 3.32. The van der Waals surface area contributed by atoms with E-state index >= 15 is 0 Å². The van der Waals surface area contributed by atoms with E-state index < -0.39 is 0 Å². The number of ether oxygens (including phenoxy) is 1. The lowest BCUT2D eigenvalue weighted by atomic mass is 10.1. The van der Waals surface area contributed by atoms with E-state index in [2.05, 4.69) is 4.98 Å². The number of benzene rings is 3. The average molecular weight is 380 g/mol. The first-order chi connectivity index (χ1) is 14.3. The molecule has 0 saturated heterocycles. The van der Waals surface area contributed by atoms with Crippen molar-refractivity contribution in [3.63, 3.8) is 0 Å². The van der Waals surface area contributed by atoms with Crippen LogP contribution in [0.3, 0.4) is 0 Å². The second kappa shape index (κ2) is 8.85. The molecule has 0 spiro atoms. The van der Waals surface area contributed by atoms with Crippen LogP contribution >= 0.6 is 0 Å². The van der Waals surface area contributed by atoms with E-state index in [0.717, 1.165) is 22.6 Å². The number of para-hydroxylation sites is 1. The van der Waals surface area contributed by atoms with Gasteiger partial charge in [-0.25, -0.2) is 4.98 Å². The number of hydrogen-bond donors (Lipinski definition) is 0. The summed E-state index contributed by atoms with van der Waals surface area (Å²) < 4.78 is 7.84. The van der Waals surface area contributed by atoms with Gasteiger partial charge in [0.1, 0.15) is 12.4 Å². The van der Waals surface area contributed by atoms with E-state index in [1.54, 1.807) is 24.7 Å². The molecule has 29 heavy (non-hydrogen) atoms. The smallest absolute Gasteiger partial charge is 0.185 e. The second-order valence-electron chi connectivity index (χ2n) is 6.53. The molecule has 0 aliphatic rings. The fourth-order valence-electron chi connectivity index (χ4n) is 2.96. The van der Waals surface area contributed by atoms with Crippen molar-refractivity contribution in [2.24, 2.45) is 0 Å². The predicted molar refractivity (Wildman–Crippen MR) is 114 cm³/mol. The van der Waals surface area contributed by atoms with Gasteiger partial charge in [0, 0.05) is 29.2 Å². The second-order valence-corrected chi connectivity index (χ2v) is 6.53. The van der Waals surface area contributed by atoms with Crippen LogP contribution in [0.1, 0.15) is 21.5 Å². The van der Waals surface area contributed by atoms with E-state index in [9.17, 15) is 4.79 Å². The molecular weight excluding hydrogens is 360 g/mol. The third-order valence-electron chi connectivity index (χ3n) is 4.52. The fourth-order valence-corrected chi connectivity index (χ4v) is 2.96. The molecule has 0 aliphatic carbocycles. The number of carbonyl (C=O) groups excluding carboxylic acids is 1. The largest absolute Gasteiger partial charge is 0.488 e. The van der Waals surface area contributed by atoms with Crippen molar-refractivity contribution >= 4 is 11.9 Å². The SMILES string of the molecule is O=C(/C=C/c1ccccc1OCc1ccccc1)c1ccc(-n2ccnc2)cc1. The summed E-state index contributed by atoms with van der Waals surface area (Å²) in [7, 11) is 0. The topological polar surface area (TPSA) is 44.1 Å². The molecule has 0 aliphatic heterocycles. The van der Waals surface area contributed by atoms with Gasteiger partial charge in [0.15, 0.2) is 5.78 Å². The van der Waals surface area contributed by atoms with Gasteiger partial charge < -0.3 is 9.30 Å². The Morgan fingerprint density at radius 2 is 1.69 bits per heavy atom. The Morgan fingerprint density at radius 3 is 2.45 bits per heavy atom. The normalized spacial score (nSPS) is 10.9. The summed E-state index contributed by atoms with van der Waals surface area (Å²) in [5.74, 6) is 0.691. The maximum atomic E-state index is 12.6. The fraction of sp³-hybridized carbons (Fsp3) is 0.0400. The molecule has 0 atom stereocenters. The van der Waals surface area contributed by atoms with Gasteiger partial charge in [-0.2, -0.15) is 0 Å². The molecule has 1 aromatic heterocycles. The third kappa shape index (κ3) is 4.68. The molecule has 0 saturated carbocycles. The highest BCUT2D eigenvalue weighted by Gasteiger charge is 2.05. The molecule has 3 aromatic carbocycles. The Morgan fingerprint density at radius 1 is 0.931 bits per heavy atom. The summed E-state index contributed by atoms with van der Waals surface area (Å²) in [4.78, 5) is 16.6. The van der Waals surface area contributed by atoms with Gasteiger partial charge in [0.05, 0.1) is 6.33 Å². The molecule has 0 bridgehead atoms. The van der Waals surface area contributed by atoms with Crippen LogP contribution in [-0.4, -0.2) is 15.3 Å². The molecule has 142 valence electrons. The highest BCUT2D eigenvalue weighted by molar-refractivity contribution is 6.07. The summed E-state index contributed by atoms with van der Waals surface area (Å²) >= 11 is 0. The first kappa shape index (κ1) is 18.4. The summed E-state index contributed by atoms with van der Waals surface area (Å²) in [5, 5.41) is 0. The molecule has 0 fully saturated rings. The number of rotatable bonds is 7. The predicted octanol–water partition coefficient (Wildman–Crippen LogP) is 5.35. The van der Waals surface area contributed by atoms with Crippen molar-refractivity contribution in [3.8, 4) is 11.4 Å². The van der Waals surface area contributed by atoms with Crippen LogP contribution in [0.4, 0.5) is 0 Å². The molecule has 4 nitrogen and oxygen atoms in total. The summed E-state index contributed by atoms with van der Waals surface area (Å²) in [5.41, 5.74) is 3.56. The van der Waals surface area contributed by atoms with Gasteiger partial charge in [-0.3, -0.25) is 4.79 Å².